The lowest BCUT2D eigenvalue weighted by atomic mass is 10.1. The Balaban J connectivity index is 2.46. The molecule has 1 rings (SSSR count). The third-order valence-corrected chi connectivity index (χ3v) is 2.37. The Labute approximate surface area is 96.4 Å². The second-order valence-electron chi connectivity index (χ2n) is 3.63. The molecule has 1 aromatic carbocycles. The van der Waals surface area contributed by atoms with Crippen LogP contribution in [0.5, 0.6) is 0 Å². The molecule has 3 nitrogen and oxygen atoms in total. The van der Waals surface area contributed by atoms with E-state index in [1.165, 1.54) is 5.56 Å². The van der Waals surface area contributed by atoms with E-state index < -0.39 is 6.10 Å². The molecule has 0 saturated heterocycles. The summed E-state index contributed by atoms with van der Waals surface area (Å²) in [4.78, 5) is 11.3. The third kappa shape index (κ3) is 3.66. The van der Waals surface area contributed by atoms with Crippen molar-refractivity contribution in [3.05, 3.63) is 35.4 Å². The van der Waals surface area contributed by atoms with Crippen molar-refractivity contribution in [2.24, 2.45) is 0 Å². The van der Waals surface area contributed by atoms with Gasteiger partial charge in [-0.25, -0.2) is 4.79 Å². The van der Waals surface area contributed by atoms with Gasteiger partial charge in [0.1, 0.15) is 0 Å². The first kappa shape index (κ1) is 12.7. The minimum Gasteiger partial charge on any atom is -0.464 e. The molecule has 0 radical (unpaired) electrons. The first-order valence-electron chi connectivity index (χ1n) is 5.48. The molecule has 0 aliphatic heterocycles. The number of carbonyl (C=O) groups excluding carboxylic acids is 1. The number of benzene rings is 1. The van der Waals surface area contributed by atoms with Gasteiger partial charge in [-0.15, -0.1) is 0 Å². The summed E-state index contributed by atoms with van der Waals surface area (Å²) in [5, 5.41) is 0. The molecule has 0 bridgehead atoms. The molecule has 0 saturated carbocycles. The first-order chi connectivity index (χ1) is 7.65. The monoisotopic (exact) mass is 222 g/mol. The maximum absolute atomic E-state index is 11.3. The van der Waals surface area contributed by atoms with E-state index in [4.69, 9.17) is 9.47 Å². The zero-order chi connectivity index (χ0) is 12.0. The zero-order valence-corrected chi connectivity index (χ0v) is 10.0. The van der Waals surface area contributed by atoms with Crippen LogP contribution in [0.1, 0.15) is 25.0 Å². The largest absolute Gasteiger partial charge is 0.464 e. The molecule has 3 heteroatoms. The molecule has 0 heterocycles. The van der Waals surface area contributed by atoms with Crippen LogP contribution < -0.4 is 0 Å². The van der Waals surface area contributed by atoms with Gasteiger partial charge < -0.3 is 9.47 Å². The van der Waals surface area contributed by atoms with Crippen LogP contribution in [0.4, 0.5) is 0 Å². The van der Waals surface area contributed by atoms with Crippen molar-refractivity contribution >= 4 is 5.97 Å². The van der Waals surface area contributed by atoms with Crippen molar-refractivity contribution in [2.45, 2.75) is 33.5 Å². The maximum atomic E-state index is 11.3. The summed E-state index contributed by atoms with van der Waals surface area (Å²) in [7, 11) is 0. The Kier molecular flexibility index (Phi) is 4.99. The number of ether oxygens (including phenoxy) is 2. The van der Waals surface area contributed by atoms with E-state index in [1.807, 2.05) is 31.2 Å². The zero-order valence-electron chi connectivity index (χ0n) is 10.0. The minimum absolute atomic E-state index is 0.309. The quantitative estimate of drug-likeness (QED) is 0.718. The predicted octanol–water partition coefficient (Wildman–Crippen LogP) is 2.46. The summed E-state index contributed by atoms with van der Waals surface area (Å²) in [6.07, 6.45) is -0.514. The minimum atomic E-state index is -0.514. The fourth-order valence-corrected chi connectivity index (χ4v) is 1.31. The molecule has 0 N–H and O–H groups in total. The van der Waals surface area contributed by atoms with Gasteiger partial charge in [0.15, 0.2) is 6.10 Å². The lowest BCUT2D eigenvalue weighted by molar-refractivity contribution is -0.156. The fraction of sp³-hybridized carbons (Fsp3) is 0.462. The number of carbonyl (C=O) groups is 1. The van der Waals surface area contributed by atoms with Crippen molar-refractivity contribution in [3.8, 4) is 0 Å². The molecule has 1 unspecified atom stereocenters. The summed E-state index contributed by atoms with van der Waals surface area (Å²) in [5.74, 6) is -0.309. The Bertz CT molecular complexity index is 347. The van der Waals surface area contributed by atoms with Crippen LogP contribution in [0, 0.1) is 6.92 Å². The van der Waals surface area contributed by atoms with Crippen LogP contribution in [0.25, 0.3) is 0 Å². The molecular weight excluding hydrogens is 204 g/mol. The summed E-state index contributed by atoms with van der Waals surface area (Å²) in [6, 6.07) is 7.95. The van der Waals surface area contributed by atoms with Crippen molar-refractivity contribution in [2.75, 3.05) is 6.61 Å². The molecule has 0 fully saturated rings. The van der Waals surface area contributed by atoms with Crippen molar-refractivity contribution in [3.63, 3.8) is 0 Å². The van der Waals surface area contributed by atoms with Crippen LogP contribution in [0.3, 0.4) is 0 Å². The molecule has 0 aliphatic carbocycles. The molecule has 0 spiro atoms. The van der Waals surface area contributed by atoms with Gasteiger partial charge in [0, 0.05) is 0 Å². The third-order valence-electron chi connectivity index (χ3n) is 2.37. The summed E-state index contributed by atoms with van der Waals surface area (Å²) >= 11 is 0. The van der Waals surface area contributed by atoms with Gasteiger partial charge in [0.25, 0.3) is 0 Å². The molecule has 0 amide bonds. The second kappa shape index (κ2) is 6.28. The van der Waals surface area contributed by atoms with Gasteiger partial charge >= 0.3 is 5.97 Å². The number of aryl methyl sites for hydroxylation is 1. The van der Waals surface area contributed by atoms with Crippen LogP contribution in [-0.2, 0) is 20.9 Å². The van der Waals surface area contributed by atoms with Crippen LogP contribution in [-0.4, -0.2) is 18.7 Å². The summed E-state index contributed by atoms with van der Waals surface area (Å²) in [6.45, 7) is 6.33. The Hall–Kier alpha value is -1.35. The molecule has 0 aromatic heterocycles. The number of esters is 1. The second-order valence-corrected chi connectivity index (χ2v) is 3.63. The fourth-order valence-electron chi connectivity index (χ4n) is 1.31. The first-order valence-corrected chi connectivity index (χ1v) is 5.48. The standard InChI is InChI=1S/C13H18O3/c1-4-15-13(14)11(3)16-9-12-8-6-5-7-10(12)2/h5-8,11H,4,9H2,1-3H3. The summed E-state index contributed by atoms with van der Waals surface area (Å²) < 4.78 is 10.3. The molecule has 16 heavy (non-hydrogen) atoms. The number of rotatable bonds is 5. The Morgan fingerprint density at radius 3 is 2.69 bits per heavy atom. The van der Waals surface area contributed by atoms with E-state index in [2.05, 4.69) is 0 Å². The molecule has 1 aromatic rings. The van der Waals surface area contributed by atoms with Crippen LogP contribution in [0.15, 0.2) is 24.3 Å². The predicted molar refractivity (Wildman–Crippen MR) is 62.1 cm³/mol. The smallest absolute Gasteiger partial charge is 0.334 e. The molecule has 88 valence electrons. The van der Waals surface area contributed by atoms with Crippen LogP contribution >= 0.6 is 0 Å². The molecule has 1 atom stereocenters. The Morgan fingerprint density at radius 2 is 2.06 bits per heavy atom. The van der Waals surface area contributed by atoms with E-state index in [0.29, 0.717) is 13.2 Å². The van der Waals surface area contributed by atoms with Gasteiger partial charge in [0.2, 0.25) is 0 Å². The van der Waals surface area contributed by atoms with Gasteiger partial charge in [0.05, 0.1) is 13.2 Å². The van der Waals surface area contributed by atoms with Crippen molar-refractivity contribution < 1.29 is 14.3 Å². The molecule has 0 aliphatic rings. The van der Waals surface area contributed by atoms with Crippen molar-refractivity contribution in [1.82, 2.24) is 0 Å². The highest BCUT2D eigenvalue weighted by molar-refractivity contribution is 5.74. The average Bonchev–Trinajstić information content (AvgIpc) is 2.28. The Morgan fingerprint density at radius 1 is 1.38 bits per heavy atom. The lowest BCUT2D eigenvalue weighted by Crippen LogP contribution is -2.23. The number of hydrogen-bond acceptors (Lipinski definition) is 3. The number of hydrogen-bond donors (Lipinski definition) is 0. The van der Waals surface area contributed by atoms with E-state index in [1.54, 1.807) is 13.8 Å². The highest BCUT2D eigenvalue weighted by atomic mass is 16.6. The van der Waals surface area contributed by atoms with E-state index in [0.717, 1.165) is 5.56 Å². The molecular formula is C13H18O3. The summed E-state index contributed by atoms with van der Waals surface area (Å²) in [5.41, 5.74) is 2.26. The van der Waals surface area contributed by atoms with Gasteiger partial charge in [-0.1, -0.05) is 24.3 Å². The lowest BCUT2D eigenvalue weighted by Gasteiger charge is -2.12. The highest BCUT2D eigenvalue weighted by Crippen LogP contribution is 2.09. The van der Waals surface area contributed by atoms with E-state index in [9.17, 15) is 4.79 Å². The van der Waals surface area contributed by atoms with Gasteiger partial charge in [-0.2, -0.15) is 0 Å². The SMILES string of the molecule is CCOC(=O)C(C)OCc1ccccc1C. The maximum Gasteiger partial charge on any atom is 0.334 e. The average molecular weight is 222 g/mol. The topological polar surface area (TPSA) is 35.5 Å². The van der Waals surface area contributed by atoms with E-state index in [-0.39, 0.29) is 5.97 Å². The van der Waals surface area contributed by atoms with E-state index >= 15 is 0 Å². The van der Waals surface area contributed by atoms with Gasteiger partial charge in [-0.05, 0) is 31.9 Å². The highest BCUT2D eigenvalue weighted by Gasteiger charge is 2.14. The van der Waals surface area contributed by atoms with Gasteiger partial charge in [-0.3, -0.25) is 0 Å². The normalized spacial score (nSPS) is 12.2. The van der Waals surface area contributed by atoms with Crippen molar-refractivity contribution in [1.29, 1.82) is 0 Å². The van der Waals surface area contributed by atoms with Crippen LogP contribution in [0.2, 0.25) is 0 Å².